The summed E-state index contributed by atoms with van der Waals surface area (Å²) in [6, 6.07) is 13.3. The van der Waals surface area contributed by atoms with Crippen LogP contribution in [0.15, 0.2) is 54.1 Å². The van der Waals surface area contributed by atoms with Crippen LogP contribution in [0.3, 0.4) is 0 Å². The molecule has 1 aliphatic rings. The number of carbonyl (C=O) groups excluding carboxylic acids is 2. The van der Waals surface area contributed by atoms with Gasteiger partial charge in [0.15, 0.2) is 0 Å². The molecule has 0 spiro atoms. The number of benzene rings is 2. The number of rotatable bonds is 14. The summed E-state index contributed by atoms with van der Waals surface area (Å²) in [7, 11) is 0. The third kappa shape index (κ3) is 7.36. The zero-order valence-electron chi connectivity index (χ0n) is 22.2. The fourth-order valence-electron chi connectivity index (χ4n) is 4.70. The lowest BCUT2D eigenvalue weighted by Crippen LogP contribution is -2.34. The van der Waals surface area contributed by atoms with E-state index in [1.807, 2.05) is 31.2 Å². The average molecular weight is 527 g/mol. The number of amides is 1. The van der Waals surface area contributed by atoms with Crippen molar-refractivity contribution in [2.45, 2.75) is 58.9 Å². The quantitative estimate of drug-likeness (QED) is 0.174. The minimum Gasteiger partial charge on any atom is -0.507 e. The highest BCUT2D eigenvalue weighted by atomic mass is 35.5. The standard InChI is InChI=1S/C30H39ClN2O4/c1-4-7-18-32(19-8-5-2)20-9-21-33-27(22-12-16-25(17-13-22)37-6-3)26(29(35)30(33)36)28(34)23-10-14-24(31)15-11-23/h10-17,27,34H,4-9,18-21H2,1-3H3/t27-/m0/s1. The molecule has 6 nitrogen and oxygen atoms in total. The number of nitrogens with zero attached hydrogens (tertiary/aromatic N) is 2. The number of ketones is 1. The Kier molecular flexibility index (Phi) is 11.0. The maximum absolute atomic E-state index is 13.3. The highest BCUT2D eigenvalue weighted by Gasteiger charge is 2.45. The van der Waals surface area contributed by atoms with Crippen LogP contribution in [-0.2, 0) is 9.59 Å². The highest BCUT2D eigenvalue weighted by Crippen LogP contribution is 2.40. The Balaban J connectivity index is 1.92. The van der Waals surface area contributed by atoms with E-state index in [0.717, 1.165) is 57.3 Å². The number of halogens is 1. The van der Waals surface area contributed by atoms with Gasteiger partial charge in [-0.25, -0.2) is 0 Å². The van der Waals surface area contributed by atoms with Gasteiger partial charge in [-0.2, -0.15) is 0 Å². The van der Waals surface area contributed by atoms with Gasteiger partial charge in [0.05, 0.1) is 18.2 Å². The van der Waals surface area contributed by atoms with Crippen molar-refractivity contribution in [2.75, 3.05) is 32.8 Å². The van der Waals surface area contributed by atoms with E-state index in [9.17, 15) is 14.7 Å². The van der Waals surface area contributed by atoms with E-state index in [-0.39, 0.29) is 11.3 Å². The molecule has 0 aliphatic carbocycles. The van der Waals surface area contributed by atoms with Crippen molar-refractivity contribution in [1.82, 2.24) is 9.80 Å². The molecule has 0 aromatic heterocycles. The Morgan fingerprint density at radius 3 is 2.08 bits per heavy atom. The topological polar surface area (TPSA) is 70.1 Å². The number of unbranched alkanes of at least 4 members (excludes halogenated alkanes) is 2. The second kappa shape index (κ2) is 14.2. The molecule has 2 aromatic rings. The number of hydrogen-bond donors (Lipinski definition) is 1. The zero-order chi connectivity index (χ0) is 26.8. The summed E-state index contributed by atoms with van der Waals surface area (Å²) < 4.78 is 5.58. The first kappa shape index (κ1) is 28.7. The first-order chi connectivity index (χ1) is 17.9. The molecule has 0 bridgehead atoms. The van der Waals surface area contributed by atoms with Crippen molar-refractivity contribution in [2.24, 2.45) is 0 Å². The largest absolute Gasteiger partial charge is 0.507 e. The number of aliphatic hydroxyl groups is 1. The molecule has 37 heavy (non-hydrogen) atoms. The summed E-state index contributed by atoms with van der Waals surface area (Å²) >= 11 is 6.02. The van der Waals surface area contributed by atoms with Gasteiger partial charge in [-0.1, -0.05) is 50.4 Å². The lowest BCUT2D eigenvalue weighted by Gasteiger charge is -2.27. The molecule has 1 fully saturated rings. The number of hydrogen-bond acceptors (Lipinski definition) is 5. The molecule has 1 N–H and O–H groups in total. The van der Waals surface area contributed by atoms with Gasteiger partial charge in [0, 0.05) is 17.1 Å². The van der Waals surface area contributed by atoms with E-state index < -0.39 is 17.7 Å². The van der Waals surface area contributed by atoms with Crippen LogP contribution in [-0.4, -0.2) is 59.4 Å². The number of ether oxygens (including phenoxy) is 1. The van der Waals surface area contributed by atoms with Gasteiger partial charge >= 0.3 is 0 Å². The van der Waals surface area contributed by atoms with Crippen LogP contribution in [0, 0.1) is 0 Å². The predicted octanol–water partition coefficient (Wildman–Crippen LogP) is 6.45. The Labute approximate surface area is 225 Å². The van der Waals surface area contributed by atoms with Crippen LogP contribution in [0.25, 0.3) is 5.76 Å². The van der Waals surface area contributed by atoms with E-state index in [2.05, 4.69) is 18.7 Å². The van der Waals surface area contributed by atoms with Gasteiger partial charge in [-0.05, 0) is 87.8 Å². The second-order valence-corrected chi connectivity index (χ2v) is 9.84. The van der Waals surface area contributed by atoms with Crippen molar-refractivity contribution in [3.63, 3.8) is 0 Å². The van der Waals surface area contributed by atoms with Crippen LogP contribution >= 0.6 is 11.6 Å². The van der Waals surface area contributed by atoms with Crippen molar-refractivity contribution in [3.05, 3.63) is 70.3 Å². The van der Waals surface area contributed by atoms with Gasteiger partial charge in [-0.3, -0.25) is 9.59 Å². The smallest absolute Gasteiger partial charge is 0.295 e. The van der Waals surface area contributed by atoms with E-state index in [1.165, 1.54) is 0 Å². The van der Waals surface area contributed by atoms with Gasteiger partial charge in [0.1, 0.15) is 11.5 Å². The molecule has 1 heterocycles. The number of carbonyl (C=O) groups is 2. The Hall–Kier alpha value is -2.83. The van der Waals surface area contributed by atoms with E-state index >= 15 is 0 Å². The van der Waals surface area contributed by atoms with Crippen LogP contribution in [0.1, 0.15) is 70.0 Å². The SMILES string of the molecule is CCCCN(CCCC)CCCN1C(=O)C(=O)C(=C(O)c2ccc(Cl)cc2)[C@@H]1c1ccc(OCC)cc1. The fraction of sp³-hybridized carbons (Fsp3) is 0.467. The fourth-order valence-corrected chi connectivity index (χ4v) is 4.82. The predicted molar refractivity (Wildman–Crippen MR) is 149 cm³/mol. The van der Waals surface area contributed by atoms with Gasteiger partial charge in [0.2, 0.25) is 0 Å². The summed E-state index contributed by atoms with van der Waals surface area (Å²) in [6.45, 7) is 10.2. The molecule has 0 radical (unpaired) electrons. The van der Waals surface area contributed by atoms with Gasteiger partial charge in [-0.15, -0.1) is 0 Å². The Morgan fingerprint density at radius 1 is 0.919 bits per heavy atom. The maximum Gasteiger partial charge on any atom is 0.295 e. The second-order valence-electron chi connectivity index (χ2n) is 9.40. The van der Waals surface area contributed by atoms with Crippen molar-refractivity contribution >= 4 is 29.1 Å². The Bertz CT molecular complexity index is 1060. The monoisotopic (exact) mass is 526 g/mol. The molecule has 2 aromatic carbocycles. The van der Waals surface area contributed by atoms with Crippen molar-refractivity contribution in [3.8, 4) is 5.75 Å². The molecule has 0 unspecified atom stereocenters. The number of aliphatic hydroxyl groups excluding tert-OH is 1. The zero-order valence-corrected chi connectivity index (χ0v) is 23.0. The molecule has 1 amide bonds. The van der Waals surface area contributed by atoms with Gasteiger partial charge in [0.25, 0.3) is 11.7 Å². The molecule has 0 saturated carbocycles. The molecule has 1 saturated heterocycles. The molecule has 1 aliphatic heterocycles. The summed E-state index contributed by atoms with van der Waals surface area (Å²) in [5.41, 5.74) is 1.31. The molecule has 7 heteroatoms. The lowest BCUT2D eigenvalue weighted by atomic mass is 9.95. The highest BCUT2D eigenvalue weighted by molar-refractivity contribution is 6.46. The first-order valence-electron chi connectivity index (χ1n) is 13.4. The van der Waals surface area contributed by atoms with Crippen LogP contribution in [0.5, 0.6) is 5.75 Å². The van der Waals surface area contributed by atoms with Crippen LogP contribution < -0.4 is 4.74 Å². The summed E-state index contributed by atoms with van der Waals surface area (Å²) in [4.78, 5) is 30.6. The first-order valence-corrected chi connectivity index (χ1v) is 13.8. The molecule has 3 rings (SSSR count). The third-order valence-corrected chi connectivity index (χ3v) is 6.95. The minimum atomic E-state index is -0.675. The van der Waals surface area contributed by atoms with E-state index in [1.54, 1.807) is 29.2 Å². The Morgan fingerprint density at radius 2 is 1.51 bits per heavy atom. The van der Waals surface area contributed by atoms with Crippen LogP contribution in [0.4, 0.5) is 0 Å². The molecule has 200 valence electrons. The average Bonchev–Trinajstić information content (AvgIpc) is 3.15. The summed E-state index contributed by atoms with van der Waals surface area (Å²) in [5.74, 6) is -0.726. The molecular formula is C30H39ClN2O4. The summed E-state index contributed by atoms with van der Waals surface area (Å²) in [6.07, 6.45) is 5.30. The van der Waals surface area contributed by atoms with Gasteiger partial charge < -0.3 is 19.6 Å². The van der Waals surface area contributed by atoms with E-state index in [4.69, 9.17) is 16.3 Å². The van der Waals surface area contributed by atoms with E-state index in [0.29, 0.717) is 29.5 Å². The summed E-state index contributed by atoms with van der Waals surface area (Å²) in [5, 5.41) is 11.7. The van der Waals surface area contributed by atoms with Crippen molar-refractivity contribution < 1.29 is 19.4 Å². The number of likely N-dealkylation sites (tertiary alicyclic amines) is 1. The lowest BCUT2D eigenvalue weighted by molar-refractivity contribution is -0.140. The normalized spacial score (nSPS) is 17.1. The molecule has 1 atom stereocenters. The molecular weight excluding hydrogens is 488 g/mol. The minimum absolute atomic E-state index is 0.102. The number of Topliss-reactive ketones (excluding diaryl/α,β-unsaturated/α-hetero) is 1. The van der Waals surface area contributed by atoms with Crippen molar-refractivity contribution in [1.29, 1.82) is 0 Å². The maximum atomic E-state index is 13.3. The van der Waals surface area contributed by atoms with Crippen LogP contribution in [0.2, 0.25) is 5.02 Å². The third-order valence-electron chi connectivity index (χ3n) is 6.69.